The summed E-state index contributed by atoms with van der Waals surface area (Å²) in [6.45, 7) is 3.83. The zero-order valence-corrected chi connectivity index (χ0v) is 9.71. The van der Waals surface area contributed by atoms with Crippen LogP contribution in [0, 0.1) is 0 Å². The first-order valence-electron chi connectivity index (χ1n) is 5.21. The van der Waals surface area contributed by atoms with E-state index in [2.05, 4.69) is 0 Å². The molecule has 0 amide bonds. The topological polar surface area (TPSA) is 63.6 Å². The van der Waals surface area contributed by atoms with Gasteiger partial charge in [0.25, 0.3) is 5.78 Å². The van der Waals surface area contributed by atoms with E-state index in [1.165, 1.54) is 6.08 Å². The normalized spacial score (nSPS) is 10.8. The summed E-state index contributed by atoms with van der Waals surface area (Å²) in [5, 5.41) is 8.41. The van der Waals surface area contributed by atoms with Crippen LogP contribution in [0.4, 0.5) is 0 Å². The van der Waals surface area contributed by atoms with E-state index >= 15 is 0 Å². The monoisotopic (exact) mass is 234 g/mol. The molecule has 4 heteroatoms. The van der Waals surface area contributed by atoms with Crippen LogP contribution in [0.1, 0.15) is 19.4 Å². The summed E-state index contributed by atoms with van der Waals surface area (Å²) < 4.78 is 5.47. The molecule has 0 bridgehead atoms. The van der Waals surface area contributed by atoms with E-state index < -0.39 is 11.8 Å². The Morgan fingerprint density at radius 3 is 2.65 bits per heavy atom. The molecule has 4 nitrogen and oxygen atoms in total. The Morgan fingerprint density at radius 2 is 2.06 bits per heavy atom. The Hall–Kier alpha value is -2.10. The average molecular weight is 234 g/mol. The number of benzene rings is 1. The number of hydrogen-bond acceptors (Lipinski definition) is 3. The minimum atomic E-state index is -1.46. The van der Waals surface area contributed by atoms with Gasteiger partial charge in [-0.3, -0.25) is 4.79 Å². The van der Waals surface area contributed by atoms with Crippen molar-refractivity contribution in [1.29, 1.82) is 0 Å². The summed E-state index contributed by atoms with van der Waals surface area (Å²) in [4.78, 5) is 21.2. The molecule has 1 N–H and O–H groups in total. The number of aliphatic carboxylic acids is 1. The summed E-state index contributed by atoms with van der Waals surface area (Å²) in [7, 11) is 0. The van der Waals surface area contributed by atoms with E-state index in [-0.39, 0.29) is 6.10 Å². The minimum Gasteiger partial charge on any atom is -0.491 e. The smallest absolute Gasteiger partial charge is 0.376 e. The quantitative estimate of drug-likeness (QED) is 0.626. The maximum atomic E-state index is 10.9. The van der Waals surface area contributed by atoms with Crippen molar-refractivity contribution >= 4 is 17.8 Å². The van der Waals surface area contributed by atoms with Crippen LogP contribution in [-0.2, 0) is 9.59 Å². The number of rotatable bonds is 5. The molecule has 90 valence electrons. The molecule has 0 aliphatic carbocycles. The highest BCUT2D eigenvalue weighted by molar-refractivity contribution is 6.38. The maximum absolute atomic E-state index is 10.9. The van der Waals surface area contributed by atoms with Crippen LogP contribution >= 0.6 is 0 Å². The van der Waals surface area contributed by atoms with E-state index in [9.17, 15) is 9.59 Å². The van der Waals surface area contributed by atoms with Gasteiger partial charge in [0.2, 0.25) is 0 Å². The number of ether oxygens (including phenoxy) is 1. The molecule has 0 saturated heterocycles. The molecule has 1 rings (SSSR count). The van der Waals surface area contributed by atoms with Crippen molar-refractivity contribution in [3.8, 4) is 5.75 Å². The van der Waals surface area contributed by atoms with Crippen molar-refractivity contribution in [3.63, 3.8) is 0 Å². The van der Waals surface area contributed by atoms with E-state index in [0.29, 0.717) is 5.75 Å². The molecule has 17 heavy (non-hydrogen) atoms. The first-order valence-corrected chi connectivity index (χ1v) is 5.21. The van der Waals surface area contributed by atoms with Crippen LogP contribution in [0.15, 0.2) is 30.3 Å². The standard InChI is InChI=1S/C13H14O4/c1-9(2)17-11-5-3-4-10(8-11)6-7-12(14)13(15)16/h3-9H,1-2H3,(H,15,16)/b7-6+. The molecule has 1 aromatic carbocycles. The first-order chi connectivity index (χ1) is 7.99. The second-order valence-corrected chi connectivity index (χ2v) is 3.74. The summed E-state index contributed by atoms with van der Waals surface area (Å²) >= 11 is 0. The fourth-order valence-electron chi connectivity index (χ4n) is 1.21. The van der Waals surface area contributed by atoms with Gasteiger partial charge in [0.05, 0.1) is 6.10 Å². The van der Waals surface area contributed by atoms with Gasteiger partial charge in [-0.05, 0) is 37.6 Å². The van der Waals surface area contributed by atoms with Crippen molar-refractivity contribution in [2.45, 2.75) is 20.0 Å². The van der Waals surface area contributed by atoms with Gasteiger partial charge < -0.3 is 9.84 Å². The predicted octanol–water partition coefficient (Wildman–Crippen LogP) is 2.14. The lowest BCUT2D eigenvalue weighted by molar-refractivity contribution is -0.146. The number of hydrogen-bond donors (Lipinski definition) is 1. The molecular formula is C13H14O4. The second kappa shape index (κ2) is 5.84. The van der Waals surface area contributed by atoms with Crippen LogP contribution < -0.4 is 4.74 Å². The number of carbonyl (C=O) groups excluding carboxylic acids is 1. The second-order valence-electron chi connectivity index (χ2n) is 3.74. The van der Waals surface area contributed by atoms with E-state index in [0.717, 1.165) is 11.6 Å². The lowest BCUT2D eigenvalue weighted by Crippen LogP contribution is -2.08. The van der Waals surface area contributed by atoms with Crippen LogP contribution in [0.25, 0.3) is 6.08 Å². The van der Waals surface area contributed by atoms with Gasteiger partial charge in [0, 0.05) is 0 Å². The van der Waals surface area contributed by atoms with Crippen LogP contribution in [0.3, 0.4) is 0 Å². The summed E-state index contributed by atoms with van der Waals surface area (Å²) in [5.74, 6) is -1.72. The lowest BCUT2D eigenvalue weighted by Gasteiger charge is -2.09. The number of carboxylic acids is 1. The fourth-order valence-corrected chi connectivity index (χ4v) is 1.21. The Kier molecular flexibility index (Phi) is 4.46. The summed E-state index contributed by atoms with van der Waals surface area (Å²) in [5.41, 5.74) is 0.720. The third-order valence-electron chi connectivity index (χ3n) is 1.87. The zero-order chi connectivity index (χ0) is 12.8. The Bertz CT molecular complexity index is 446. The van der Waals surface area contributed by atoms with Gasteiger partial charge >= 0.3 is 5.97 Å². The van der Waals surface area contributed by atoms with E-state index in [1.54, 1.807) is 24.3 Å². The SMILES string of the molecule is CC(C)Oc1cccc(/C=C/C(=O)C(=O)O)c1. The number of ketones is 1. The molecule has 0 aliphatic heterocycles. The predicted molar refractivity (Wildman–Crippen MR) is 63.9 cm³/mol. The third-order valence-corrected chi connectivity index (χ3v) is 1.87. The summed E-state index contributed by atoms with van der Waals surface area (Å²) in [6, 6.07) is 7.09. The largest absolute Gasteiger partial charge is 0.491 e. The van der Waals surface area contributed by atoms with Crippen LogP contribution in [0.2, 0.25) is 0 Å². The van der Waals surface area contributed by atoms with Crippen LogP contribution in [0.5, 0.6) is 5.75 Å². The van der Waals surface area contributed by atoms with Crippen molar-refractivity contribution in [2.75, 3.05) is 0 Å². The van der Waals surface area contributed by atoms with Crippen molar-refractivity contribution in [1.82, 2.24) is 0 Å². The molecule has 0 aromatic heterocycles. The average Bonchev–Trinajstić information content (AvgIpc) is 2.25. The van der Waals surface area contributed by atoms with Gasteiger partial charge in [-0.2, -0.15) is 0 Å². The molecule has 0 atom stereocenters. The zero-order valence-electron chi connectivity index (χ0n) is 9.71. The Labute approximate surface area is 99.5 Å². The fraction of sp³-hybridized carbons (Fsp3) is 0.231. The molecule has 0 unspecified atom stereocenters. The number of carboxylic acid groups (broad SMARTS) is 1. The Balaban J connectivity index is 2.78. The maximum Gasteiger partial charge on any atom is 0.376 e. The van der Waals surface area contributed by atoms with Crippen LogP contribution in [-0.4, -0.2) is 23.0 Å². The van der Waals surface area contributed by atoms with Gasteiger partial charge in [-0.25, -0.2) is 4.79 Å². The van der Waals surface area contributed by atoms with Gasteiger partial charge in [0.1, 0.15) is 5.75 Å². The highest BCUT2D eigenvalue weighted by atomic mass is 16.5. The van der Waals surface area contributed by atoms with Crippen molar-refractivity contribution in [2.24, 2.45) is 0 Å². The minimum absolute atomic E-state index is 0.0647. The molecule has 0 aliphatic rings. The molecule has 0 saturated carbocycles. The molecule has 1 aromatic rings. The molecule has 0 radical (unpaired) electrons. The number of carbonyl (C=O) groups is 2. The highest BCUT2D eigenvalue weighted by Crippen LogP contribution is 2.15. The summed E-state index contributed by atoms with van der Waals surface area (Å²) in [6.07, 6.45) is 2.54. The third kappa shape index (κ3) is 4.51. The molecule has 0 heterocycles. The molecule has 0 spiro atoms. The van der Waals surface area contributed by atoms with E-state index in [1.807, 2.05) is 13.8 Å². The van der Waals surface area contributed by atoms with Crippen molar-refractivity contribution < 1.29 is 19.4 Å². The van der Waals surface area contributed by atoms with Crippen molar-refractivity contribution in [3.05, 3.63) is 35.9 Å². The lowest BCUT2D eigenvalue weighted by atomic mass is 10.2. The van der Waals surface area contributed by atoms with Gasteiger partial charge in [0.15, 0.2) is 0 Å². The molecular weight excluding hydrogens is 220 g/mol. The van der Waals surface area contributed by atoms with Gasteiger partial charge in [-0.1, -0.05) is 18.2 Å². The van der Waals surface area contributed by atoms with Gasteiger partial charge in [-0.15, -0.1) is 0 Å². The Morgan fingerprint density at radius 1 is 1.35 bits per heavy atom. The molecule has 0 fully saturated rings. The highest BCUT2D eigenvalue weighted by Gasteiger charge is 2.05. The van der Waals surface area contributed by atoms with E-state index in [4.69, 9.17) is 9.84 Å². The first kappa shape index (κ1) is 13.0.